The van der Waals surface area contributed by atoms with Crippen molar-refractivity contribution in [3.8, 4) is 0 Å². The Labute approximate surface area is 533 Å². The number of esters is 1. The highest BCUT2D eigenvalue weighted by Gasteiger charge is 2.20. The van der Waals surface area contributed by atoms with E-state index in [4.69, 9.17) is 4.74 Å². The summed E-state index contributed by atoms with van der Waals surface area (Å²) in [5.74, 6) is -0.00305. The Kier molecular flexibility index (Phi) is 73.8. The number of aliphatic hydroxyl groups excluding tert-OH is 2. The van der Waals surface area contributed by atoms with Crippen molar-refractivity contribution in [3.05, 3.63) is 12.2 Å². The van der Waals surface area contributed by atoms with Crippen LogP contribution in [0.5, 0.6) is 0 Å². The minimum absolute atomic E-state index is 0.0239. The highest BCUT2D eigenvalue weighted by molar-refractivity contribution is 5.76. The molecule has 0 aromatic carbocycles. The average molecular weight is 1200 g/mol. The largest absolute Gasteiger partial charge is 0.466 e. The van der Waals surface area contributed by atoms with E-state index in [0.717, 1.165) is 38.5 Å². The maximum absolute atomic E-state index is 12.5. The molecule has 0 aromatic heterocycles. The predicted octanol–water partition coefficient (Wildman–Crippen LogP) is 25.9. The summed E-state index contributed by atoms with van der Waals surface area (Å²) < 4.78 is 5.51. The van der Waals surface area contributed by atoms with E-state index >= 15 is 0 Å². The molecular weight excluding hydrogens is 1040 g/mol. The molecule has 0 saturated heterocycles. The van der Waals surface area contributed by atoms with Gasteiger partial charge >= 0.3 is 5.97 Å². The lowest BCUT2D eigenvalue weighted by molar-refractivity contribution is -0.143. The summed E-state index contributed by atoms with van der Waals surface area (Å²) in [6.07, 6.45) is 94.4. The van der Waals surface area contributed by atoms with Crippen molar-refractivity contribution >= 4 is 11.9 Å². The highest BCUT2D eigenvalue weighted by atomic mass is 16.5. The second-order valence-electron chi connectivity index (χ2n) is 27.4. The summed E-state index contributed by atoms with van der Waals surface area (Å²) >= 11 is 0. The van der Waals surface area contributed by atoms with Gasteiger partial charge in [-0.2, -0.15) is 0 Å². The van der Waals surface area contributed by atoms with Gasteiger partial charge in [-0.15, -0.1) is 0 Å². The van der Waals surface area contributed by atoms with E-state index in [1.54, 1.807) is 0 Å². The number of hydrogen-bond donors (Lipinski definition) is 3. The zero-order valence-corrected chi connectivity index (χ0v) is 58.1. The molecule has 0 fully saturated rings. The van der Waals surface area contributed by atoms with Crippen LogP contribution in [0.2, 0.25) is 0 Å². The minimum Gasteiger partial charge on any atom is -0.466 e. The van der Waals surface area contributed by atoms with Gasteiger partial charge in [0, 0.05) is 12.8 Å². The fourth-order valence-corrected chi connectivity index (χ4v) is 12.8. The third kappa shape index (κ3) is 71.6. The van der Waals surface area contributed by atoms with Crippen molar-refractivity contribution in [1.29, 1.82) is 0 Å². The second kappa shape index (κ2) is 75.1. The van der Waals surface area contributed by atoms with Gasteiger partial charge in [0.15, 0.2) is 0 Å². The van der Waals surface area contributed by atoms with Crippen molar-refractivity contribution in [3.63, 3.8) is 0 Å². The topological polar surface area (TPSA) is 95.9 Å². The molecule has 0 saturated carbocycles. The van der Waals surface area contributed by atoms with Crippen LogP contribution in [0.3, 0.4) is 0 Å². The number of amides is 1. The summed E-state index contributed by atoms with van der Waals surface area (Å²) in [6, 6.07) is -0.539. The molecule has 6 nitrogen and oxygen atoms in total. The van der Waals surface area contributed by atoms with E-state index in [-0.39, 0.29) is 18.5 Å². The summed E-state index contributed by atoms with van der Waals surface area (Å²) in [4.78, 5) is 24.7. The van der Waals surface area contributed by atoms with E-state index < -0.39 is 12.1 Å². The first-order valence-corrected chi connectivity index (χ1v) is 39.4. The molecule has 0 heterocycles. The van der Waals surface area contributed by atoms with Crippen LogP contribution < -0.4 is 5.32 Å². The predicted molar refractivity (Wildman–Crippen MR) is 375 cm³/mol. The first kappa shape index (κ1) is 83.6. The number of hydrogen-bond acceptors (Lipinski definition) is 5. The monoisotopic (exact) mass is 1200 g/mol. The van der Waals surface area contributed by atoms with Gasteiger partial charge in [0.25, 0.3) is 0 Å². The van der Waals surface area contributed by atoms with E-state index in [0.29, 0.717) is 25.9 Å². The van der Waals surface area contributed by atoms with Crippen molar-refractivity contribution < 1.29 is 24.5 Å². The van der Waals surface area contributed by atoms with E-state index in [9.17, 15) is 19.8 Å². The number of carbonyl (C=O) groups is 2. The fraction of sp³-hybridized carbons (Fsp3) is 0.949. The Bertz CT molecular complexity index is 1290. The van der Waals surface area contributed by atoms with Gasteiger partial charge in [-0.1, -0.05) is 405 Å². The molecule has 0 rings (SSSR count). The summed E-state index contributed by atoms with van der Waals surface area (Å²) in [6.45, 7) is 5.01. The molecule has 2 atom stereocenters. The van der Waals surface area contributed by atoms with Crippen molar-refractivity contribution in [2.45, 2.75) is 469 Å². The van der Waals surface area contributed by atoms with Crippen LogP contribution in [0.25, 0.3) is 0 Å². The number of rotatable bonds is 75. The third-order valence-electron chi connectivity index (χ3n) is 18.8. The van der Waals surface area contributed by atoms with Crippen molar-refractivity contribution in [2.24, 2.45) is 0 Å². The number of allylic oxidation sites excluding steroid dienone is 2. The number of aliphatic hydroxyl groups is 2. The maximum atomic E-state index is 12.5. The van der Waals surface area contributed by atoms with E-state index in [1.165, 1.54) is 385 Å². The molecule has 6 heteroatoms. The molecule has 506 valence electrons. The molecule has 2 unspecified atom stereocenters. The van der Waals surface area contributed by atoms with Gasteiger partial charge in [-0.3, -0.25) is 9.59 Å². The Balaban J connectivity index is 3.33. The normalized spacial score (nSPS) is 12.5. The van der Waals surface area contributed by atoms with Gasteiger partial charge < -0.3 is 20.3 Å². The van der Waals surface area contributed by atoms with Gasteiger partial charge in [-0.25, -0.2) is 0 Å². The molecule has 0 spiro atoms. The number of ether oxygens (including phenoxy) is 1. The number of nitrogens with one attached hydrogen (secondary N) is 1. The van der Waals surface area contributed by atoms with Gasteiger partial charge in [0.1, 0.15) is 0 Å². The van der Waals surface area contributed by atoms with Crippen LogP contribution in [0.1, 0.15) is 457 Å². The van der Waals surface area contributed by atoms with Crippen molar-refractivity contribution in [2.75, 3.05) is 13.2 Å². The van der Waals surface area contributed by atoms with Gasteiger partial charge in [0.2, 0.25) is 5.91 Å². The molecular formula is C79H155NO5. The third-order valence-corrected chi connectivity index (χ3v) is 18.8. The molecule has 3 N–H and O–H groups in total. The van der Waals surface area contributed by atoms with Gasteiger partial charge in [-0.05, 0) is 51.4 Å². The van der Waals surface area contributed by atoms with Crippen LogP contribution in [0.4, 0.5) is 0 Å². The maximum Gasteiger partial charge on any atom is 0.305 e. The molecule has 0 radical (unpaired) electrons. The van der Waals surface area contributed by atoms with Gasteiger partial charge in [0.05, 0.1) is 25.4 Å². The van der Waals surface area contributed by atoms with Crippen LogP contribution in [-0.2, 0) is 14.3 Å². The average Bonchev–Trinajstić information content (AvgIpc) is 3.51. The lowest BCUT2D eigenvalue weighted by atomic mass is 10.0. The highest BCUT2D eigenvalue weighted by Crippen LogP contribution is 2.20. The second-order valence-corrected chi connectivity index (χ2v) is 27.4. The summed E-state index contributed by atoms with van der Waals surface area (Å²) in [5.41, 5.74) is 0. The molecule has 0 aromatic rings. The van der Waals surface area contributed by atoms with Crippen LogP contribution >= 0.6 is 0 Å². The molecule has 0 aliphatic carbocycles. The Hall–Kier alpha value is -1.40. The van der Waals surface area contributed by atoms with E-state index in [1.807, 2.05) is 0 Å². The zero-order valence-electron chi connectivity index (χ0n) is 58.1. The molecule has 0 aliphatic rings. The number of unbranched alkanes of at least 4 members (excludes halogenated alkanes) is 62. The molecule has 0 aliphatic heterocycles. The quantitative estimate of drug-likeness (QED) is 0.0320. The van der Waals surface area contributed by atoms with Crippen LogP contribution in [-0.4, -0.2) is 47.4 Å². The summed E-state index contributed by atoms with van der Waals surface area (Å²) in [5, 5.41) is 23.4. The minimum atomic E-state index is -0.662. The lowest BCUT2D eigenvalue weighted by Crippen LogP contribution is -2.45. The fourth-order valence-electron chi connectivity index (χ4n) is 12.8. The Morgan fingerprint density at radius 1 is 0.318 bits per heavy atom. The summed E-state index contributed by atoms with van der Waals surface area (Å²) in [7, 11) is 0. The smallest absolute Gasteiger partial charge is 0.305 e. The standard InChI is InChI=1S/C79H155NO5/c1-3-5-7-9-11-13-15-17-19-21-40-43-47-51-55-59-63-67-71-77(82)76(75-81)80-78(83)72-68-64-60-56-52-48-44-41-37-35-33-31-29-27-25-23-22-24-26-28-30-32-34-36-38-42-46-50-54-58-62-66-70-74-85-79(84)73-69-65-61-57-53-49-45-39-20-18-16-14-12-10-8-6-4-2/h26,28,76-77,81-82H,3-25,27,29-75H2,1-2H3,(H,80,83)/b28-26-. The lowest BCUT2D eigenvalue weighted by Gasteiger charge is -2.22. The van der Waals surface area contributed by atoms with E-state index in [2.05, 4.69) is 31.3 Å². The Morgan fingerprint density at radius 3 is 0.835 bits per heavy atom. The zero-order chi connectivity index (χ0) is 61.3. The first-order chi connectivity index (χ1) is 42.0. The van der Waals surface area contributed by atoms with Crippen LogP contribution in [0.15, 0.2) is 12.2 Å². The van der Waals surface area contributed by atoms with Crippen LogP contribution in [0, 0.1) is 0 Å². The van der Waals surface area contributed by atoms with Crippen molar-refractivity contribution in [1.82, 2.24) is 5.32 Å². The SMILES string of the molecule is CCCCCCCCCCCCCCCCCCCCC(O)C(CO)NC(=O)CCCCCCCCCCCCCCCCCCC/C=C\CCCCCCCCCCCCCCOC(=O)CCCCCCCCCCCCCCCCCCC. The molecule has 1 amide bonds. The first-order valence-electron chi connectivity index (χ1n) is 39.4. The molecule has 0 bridgehead atoms. The number of carbonyl (C=O) groups excluding carboxylic acids is 2. The molecule has 85 heavy (non-hydrogen) atoms. The Morgan fingerprint density at radius 2 is 0.553 bits per heavy atom.